The van der Waals surface area contributed by atoms with Gasteiger partial charge in [0.1, 0.15) is 5.82 Å². The molecule has 3 aromatic rings. The maximum absolute atomic E-state index is 6.14. The van der Waals surface area contributed by atoms with Crippen molar-refractivity contribution in [3.63, 3.8) is 0 Å². The van der Waals surface area contributed by atoms with Crippen LogP contribution in [0.3, 0.4) is 0 Å². The molecule has 0 bridgehead atoms. The zero-order chi connectivity index (χ0) is 18.4. The molecule has 0 spiro atoms. The van der Waals surface area contributed by atoms with Crippen LogP contribution in [0.5, 0.6) is 0 Å². The Balaban J connectivity index is 1.99. The highest BCUT2D eigenvalue weighted by atomic mass is 35.5. The quantitative estimate of drug-likeness (QED) is 0.475. The van der Waals surface area contributed by atoms with Crippen LogP contribution < -0.4 is 11.1 Å². The zero-order valence-corrected chi connectivity index (χ0v) is 15.3. The largest absolute Gasteiger partial charge is 0.405 e. The van der Waals surface area contributed by atoms with Gasteiger partial charge in [-0.15, -0.1) is 0 Å². The summed E-state index contributed by atoms with van der Waals surface area (Å²) >= 11 is 6.14. The van der Waals surface area contributed by atoms with Gasteiger partial charge >= 0.3 is 0 Å². The fourth-order valence-electron chi connectivity index (χ4n) is 2.78. The summed E-state index contributed by atoms with van der Waals surface area (Å²) in [5.74, 6) is 1.05. The number of nitrogens with two attached hydrogens (primary N) is 1. The van der Waals surface area contributed by atoms with Crippen molar-refractivity contribution in [2.75, 3.05) is 11.9 Å². The number of benzene rings is 2. The summed E-state index contributed by atoms with van der Waals surface area (Å²) in [6.45, 7) is 2.84. The van der Waals surface area contributed by atoms with Crippen molar-refractivity contribution in [2.24, 2.45) is 11.7 Å². The lowest BCUT2D eigenvalue weighted by atomic mass is 10.0. The standard InChI is InChI=1S/C21H21ClN4/c1-15(8-5-6-13-23)14-24-20-19-17(16-9-3-2-4-10-16)11-7-12-18(19)25-21(22)26-20/h2-13,15H,14,23H2,1H3,(H,24,25,26)/b8-5-,13-6-. The lowest BCUT2D eigenvalue weighted by molar-refractivity contribution is 0.768. The number of nitrogens with zero attached hydrogens (tertiary/aromatic N) is 2. The molecule has 0 aliphatic carbocycles. The average molecular weight is 365 g/mol. The van der Waals surface area contributed by atoms with Crippen LogP contribution in [-0.2, 0) is 0 Å². The molecule has 2 aromatic carbocycles. The third-order valence-corrected chi connectivity index (χ3v) is 4.20. The van der Waals surface area contributed by atoms with Crippen molar-refractivity contribution >= 4 is 28.3 Å². The number of allylic oxidation sites excluding steroid dienone is 2. The Hall–Kier alpha value is -2.85. The maximum atomic E-state index is 6.14. The highest BCUT2D eigenvalue weighted by Gasteiger charge is 2.12. The second-order valence-corrected chi connectivity index (χ2v) is 6.37. The van der Waals surface area contributed by atoms with Crippen LogP contribution in [0.25, 0.3) is 22.0 Å². The topological polar surface area (TPSA) is 63.8 Å². The van der Waals surface area contributed by atoms with Crippen LogP contribution >= 0.6 is 11.6 Å². The van der Waals surface area contributed by atoms with E-state index in [1.165, 1.54) is 6.20 Å². The summed E-state index contributed by atoms with van der Waals surface area (Å²) in [4.78, 5) is 8.83. The van der Waals surface area contributed by atoms with Gasteiger partial charge in [-0.2, -0.15) is 0 Å². The average Bonchev–Trinajstić information content (AvgIpc) is 2.66. The molecule has 0 saturated heterocycles. The van der Waals surface area contributed by atoms with Gasteiger partial charge in [0.25, 0.3) is 0 Å². The lowest BCUT2D eigenvalue weighted by Crippen LogP contribution is -2.11. The predicted molar refractivity (Wildman–Crippen MR) is 110 cm³/mol. The van der Waals surface area contributed by atoms with Gasteiger partial charge in [0, 0.05) is 6.54 Å². The van der Waals surface area contributed by atoms with Gasteiger partial charge in [0.05, 0.1) is 10.9 Å². The Labute approximate surface area is 158 Å². The van der Waals surface area contributed by atoms with Crippen LogP contribution in [-0.4, -0.2) is 16.5 Å². The second-order valence-electron chi connectivity index (χ2n) is 6.03. The van der Waals surface area contributed by atoms with E-state index in [-0.39, 0.29) is 5.28 Å². The smallest absolute Gasteiger partial charge is 0.224 e. The number of aromatic nitrogens is 2. The van der Waals surface area contributed by atoms with Crippen LogP contribution in [0, 0.1) is 5.92 Å². The monoisotopic (exact) mass is 364 g/mol. The minimum absolute atomic E-state index is 0.236. The predicted octanol–water partition coefficient (Wildman–Crippen LogP) is 5.03. The molecule has 1 atom stereocenters. The molecule has 0 radical (unpaired) electrons. The highest BCUT2D eigenvalue weighted by Crippen LogP contribution is 2.33. The summed E-state index contributed by atoms with van der Waals surface area (Å²) in [7, 11) is 0. The first-order chi connectivity index (χ1) is 12.7. The van der Waals surface area contributed by atoms with Gasteiger partial charge in [-0.05, 0) is 47.0 Å². The molecule has 3 N–H and O–H groups in total. The SMILES string of the molecule is CC(/C=C\C=C/N)CNc1nc(Cl)nc2cccc(-c3ccccc3)c12. The molecule has 26 heavy (non-hydrogen) atoms. The van der Waals surface area contributed by atoms with Crippen molar-refractivity contribution in [3.8, 4) is 11.1 Å². The van der Waals surface area contributed by atoms with Crippen molar-refractivity contribution in [1.29, 1.82) is 0 Å². The molecule has 4 nitrogen and oxygen atoms in total. The number of hydrogen-bond donors (Lipinski definition) is 2. The van der Waals surface area contributed by atoms with Crippen LogP contribution in [0.1, 0.15) is 6.92 Å². The lowest BCUT2D eigenvalue weighted by Gasteiger charge is -2.14. The van der Waals surface area contributed by atoms with Crippen molar-refractivity contribution in [3.05, 3.63) is 78.2 Å². The molecule has 0 aliphatic heterocycles. The van der Waals surface area contributed by atoms with E-state index in [9.17, 15) is 0 Å². The fraction of sp³-hybridized carbons (Fsp3) is 0.143. The molecule has 5 heteroatoms. The number of halogens is 1. The van der Waals surface area contributed by atoms with Gasteiger partial charge in [0.2, 0.25) is 5.28 Å². The highest BCUT2D eigenvalue weighted by molar-refractivity contribution is 6.29. The number of hydrogen-bond acceptors (Lipinski definition) is 4. The number of rotatable bonds is 6. The first-order valence-corrected chi connectivity index (χ1v) is 8.87. The van der Waals surface area contributed by atoms with Gasteiger partial charge < -0.3 is 11.1 Å². The summed E-state index contributed by atoms with van der Waals surface area (Å²) in [5.41, 5.74) is 8.37. The van der Waals surface area contributed by atoms with E-state index >= 15 is 0 Å². The third-order valence-electron chi connectivity index (χ3n) is 4.03. The number of nitrogens with one attached hydrogen (secondary N) is 1. The van der Waals surface area contributed by atoms with Crippen molar-refractivity contribution < 1.29 is 0 Å². The summed E-state index contributed by atoms with van der Waals surface area (Å²) in [5, 5.41) is 4.63. The Morgan fingerprint density at radius 2 is 1.88 bits per heavy atom. The molecule has 0 amide bonds. The molecular formula is C21H21ClN4. The second kappa shape index (κ2) is 8.50. The van der Waals surface area contributed by atoms with E-state index in [4.69, 9.17) is 17.3 Å². The van der Waals surface area contributed by atoms with Gasteiger partial charge in [-0.1, -0.05) is 61.5 Å². The van der Waals surface area contributed by atoms with Crippen molar-refractivity contribution in [2.45, 2.75) is 6.92 Å². The zero-order valence-electron chi connectivity index (χ0n) is 14.6. The van der Waals surface area contributed by atoms with Gasteiger partial charge in [0.15, 0.2) is 0 Å². The molecule has 1 aromatic heterocycles. The minimum Gasteiger partial charge on any atom is -0.405 e. The van der Waals surface area contributed by atoms with Crippen LogP contribution in [0.2, 0.25) is 5.28 Å². The summed E-state index contributed by atoms with van der Waals surface area (Å²) < 4.78 is 0. The number of fused-ring (bicyclic) bond motifs is 1. The molecule has 1 heterocycles. The summed E-state index contributed by atoms with van der Waals surface area (Å²) in [6, 6.07) is 16.2. The molecule has 1 unspecified atom stereocenters. The number of anilines is 1. The Morgan fingerprint density at radius 3 is 2.65 bits per heavy atom. The van der Waals surface area contributed by atoms with Gasteiger partial charge in [-0.3, -0.25) is 0 Å². The van der Waals surface area contributed by atoms with Crippen LogP contribution in [0.4, 0.5) is 5.82 Å². The Morgan fingerprint density at radius 1 is 1.08 bits per heavy atom. The third kappa shape index (κ3) is 4.21. The molecule has 0 fully saturated rings. The van der Waals surface area contributed by atoms with E-state index in [0.717, 1.165) is 34.4 Å². The van der Waals surface area contributed by atoms with E-state index < -0.39 is 0 Å². The maximum Gasteiger partial charge on any atom is 0.224 e. The van der Waals surface area contributed by atoms with E-state index in [1.54, 1.807) is 6.08 Å². The van der Waals surface area contributed by atoms with E-state index in [2.05, 4.69) is 46.5 Å². The molecular weight excluding hydrogens is 344 g/mol. The van der Waals surface area contributed by atoms with Gasteiger partial charge in [-0.25, -0.2) is 9.97 Å². The minimum atomic E-state index is 0.236. The van der Waals surface area contributed by atoms with E-state index in [1.807, 2.05) is 36.4 Å². The Kier molecular flexibility index (Phi) is 5.87. The molecule has 3 rings (SSSR count). The first kappa shape index (κ1) is 18.0. The fourth-order valence-corrected chi connectivity index (χ4v) is 2.96. The first-order valence-electron chi connectivity index (χ1n) is 8.49. The molecule has 132 valence electrons. The van der Waals surface area contributed by atoms with Crippen molar-refractivity contribution in [1.82, 2.24) is 9.97 Å². The van der Waals surface area contributed by atoms with E-state index in [0.29, 0.717) is 5.92 Å². The Bertz CT molecular complexity index is 935. The van der Waals surface area contributed by atoms with Crippen LogP contribution in [0.15, 0.2) is 73.0 Å². The summed E-state index contributed by atoms with van der Waals surface area (Å²) in [6.07, 6.45) is 7.34. The normalized spacial score (nSPS) is 12.8. The molecule has 0 saturated carbocycles. The molecule has 0 aliphatic rings.